The summed E-state index contributed by atoms with van der Waals surface area (Å²) in [5.74, 6) is -2.89. The topological polar surface area (TPSA) is 157 Å². The summed E-state index contributed by atoms with van der Waals surface area (Å²) in [6.45, 7) is 3.60. The number of hydrogen-bond acceptors (Lipinski definition) is 10. The molecule has 1 unspecified atom stereocenters. The Morgan fingerprint density at radius 3 is 2.27 bits per heavy atom. The van der Waals surface area contributed by atoms with Crippen molar-refractivity contribution in [1.82, 2.24) is 4.98 Å². The average molecular weight is 565 g/mol. The predicted octanol–water partition coefficient (Wildman–Crippen LogP) is 3.96. The van der Waals surface area contributed by atoms with Crippen molar-refractivity contribution in [3.05, 3.63) is 83.0 Å². The van der Waals surface area contributed by atoms with E-state index in [-0.39, 0.29) is 46.9 Å². The molecule has 2 heterocycles. The van der Waals surface area contributed by atoms with Gasteiger partial charge in [-0.3, -0.25) is 9.46 Å². The summed E-state index contributed by atoms with van der Waals surface area (Å²) in [5.41, 5.74) is 7.59. The molecule has 0 saturated carbocycles. The van der Waals surface area contributed by atoms with E-state index in [0.29, 0.717) is 16.5 Å². The lowest BCUT2D eigenvalue weighted by atomic mass is 9.81. The van der Waals surface area contributed by atoms with Crippen LogP contribution in [0.1, 0.15) is 25.3 Å². The number of rotatable bonds is 9. The lowest BCUT2D eigenvalue weighted by molar-refractivity contribution is -0.139. The van der Waals surface area contributed by atoms with E-state index in [1.54, 1.807) is 62.5 Å². The maximum atomic E-state index is 13.8. The smallest absolute Gasteiger partial charge is 0.361 e. The second-order valence-electron chi connectivity index (χ2n) is 8.57. The third kappa shape index (κ3) is 4.89. The average Bonchev–Trinajstić information content (AvgIpc) is 3.45. The highest BCUT2D eigenvalue weighted by Crippen LogP contribution is 2.50. The number of nitriles is 1. The monoisotopic (exact) mass is 564 g/mol. The molecule has 0 saturated heterocycles. The Labute approximate surface area is 231 Å². The number of benzene rings is 2. The molecule has 0 bridgehead atoms. The van der Waals surface area contributed by atoms with E-state index >= 15 is 0 Å². The van der Waals surface area contributed by atoms with Gasteiger partial charge in [0.25, 0.3) is 0 Å². The molecule has 1 aliphatic heterocycles. The lowest BCUT2D eigenvalue weighted by Crippen LogP contribution is -2.41. The normalized spacial score (nSPS) is 15.8. The zero-order valence-corrected chi connectivity index (χ0v) is 23.4. The van der Waals surface area contributed by atoms with Crippen LogP contribution in [0.25, 0.3) is 10.9 Å². The molecule has 1 aromatic heterocycles. The van der Waals surface area contributed by atoms with Crippen LogP contribution in [0, 0.1) is 11.3 Å². The summed E-state index contributed by atoms with van der Waals surface area (Å²) in [7, 11) is -1.47. The Hall–Kier alpha value is -4.36. The molecule has 0 radical (unpaired) electrons. The second-order valence-corrected chi connectivity index (χ2v) is 10.6. The van der Waals surface area contributed by atoms with Gasteiger partial charge in [-0.25, -0.2) is 9.59 Å². The molecule has 0 aliphatic carbocycles. The fourth-order valence-electron chi connectivity index (χ4n) is 4.77. The van der Waals surface area contributed by atoms with Crippen molar-refractivity contribution < 1.29 is 32.7 Å². The van der Waals surface area contributed by atoms with E-state index in [0.717, 1.165) is 0 Å². The zero-order valence-electron chi connectivity index (χ0n) is 22.5. The van der Waals surface area contributed by atoms with Gasteiger partial charge in [0.2, 0.25) is 0 Å². The van der Waals surface area contributed by atoms with Gasteiger partial charge in [-0.1, -0.05) is 30.3 Å². The highest BCUT2D eigenvalue weighted by Gasteiger charge is 2.44. The minimum atomic E-state index is -3.81. The quantitative estimate of drug-likeness (QED) is 0.288. The maximum absolute atomic E-state index is 13.8. The number of methoxy groups -OCH3 is 2. The van der Waals surface area contributed by atoms with E-state index in [1.165, 1.54) is 25.2 Å². The number of carbonyl (C=O) groups is 2. The number of ether oxygens (including phenoxy) is 2. The fourth-order valence-corrected chi connectivity index (χ4v) is 6.39. The van der Waals surface area contributed by atoms with E-state index in [1.807, 2.05) is 0 Å². The van der Waals surface area contributed by atoms with Crippen LogP contribution in [0.15, 0.2) is 77.4 Å². The number of hydrogen-bond donors (Lipinski definition) is 2. The number of nitrogens with two attached hydrogens (primary N) is 1. The molecular weight excluding hydrogens is 535 g/mol. The van der Waals surface area contributed by atoms with Crippen molar-refractivity contribution in [3.8, 4) is 6.07 Å². The van der Waals surface area contributed by atoms with Crippen molar-refractivity contribution in [3.63, 3.8) is 0 Å². The number of nitrogens with one attached hydrogen (secondary N) is 1. The predicted molar refractivity (Wildman–Crippen MR) is 148 cm³/mol. The molecule has 3 N–H and O–H groups in total. The summed E-state index contributed by atoms with van der Waals surface area (Å²) in [4.78, 5) is 31.1. The number of aromatic nitrogens is 1. The molecule has 0 fully saturated rings. The van der Waals surface area contributed by atoms with Crippen LogP contribution < -0.4 is 15.9 Å². The number of fused-ring (bicyclic) bond motifs is 1. The van der Waals surface area contributed by atoms with Crippen molar-refractivity contribution in [2.24, 2.45) is 5.73 Å². The van der Waals surface area contributed by atoms with E-state index < -0.39 is 25.5 Å². The van der Waals surface area contributed by atoms with Crippen molar-refractivity contribution in [2.45, 2.75) is 19.8 Å². The number of allylic oxidation sites excluding steroid dienone is 1. The standard InChI is InChI=1S/C28H29N4O7P/c1-5-38-40(35,39-6-2)18-14-21-19(12-13-31-21)22(15-18)32-25(28(34)37-4)24(27(33)36-3)23(20(16-29)26(32)30)17-10-8-7-9-11-17/h7-15,23,31H,5-6,30H2,1-4H3. The summed E-state index contributed by atoms with van der Waals surface area (Å²) in [6, 6.07) is 15.7. The van der Waals surface area contributed by atoms with Gasteiger partial charge in [0.1, 0.15) is 11.5 Å². The van der Waals surface area contributed by atoms with Crippen LogP contribution in [-0.2, 0) is 32.7 Å². The van der Waals surface area contributed by atoms with Crippen LogP contribution in [0.2, 0.25) is 0 Å². The Kier molecular flexibility index (Phi) is 8.45. The Morgan fingerprint density at radius 2 is 1.70 bits per heavy atom. The van der Waals surface area contributed by atoms with Gasteiger partial charge in [0, 0.05) is 17.1 Å². The molecule has 1 atom stereocenters. The van der Waals surface area contributed by atoms with Crippen molar-refractivity contribution in [1.29, 1.82) is 5.26 Å². The first kappa shape index (κ1) is 28.6. The minimum absolute atomic E-state index is 0.00569. The molecule has 0 amide bonds. The van der Waals surface area contributed by atoms with Gasteiger partial charge in [-0.05, 0) is 37.6 Å². The SMILES string of the molecule is CCOP(=O)(OCC)c1cc(N2C(N)=C(C#N)C(c3ccccc3)C(C(=O)OC)=C2C(=O)OC)c2cc[nH]c2c1. The summed E-state index contributed by atoms with van der Waals surface area (Å²) >= 11 is 0. The number of esters is 2. The molecule has 1 aliphatic rings. The number of anilines is 1. The molecular formula is C28H29N4O7P. The Balaban J connectivity index is 2.13. The number of nitrogens with zero attached hydrogens (tertiary/aromatic N) is 2. The molecule has 2 aromatic carbocycles. The number of H-pyrrole nitrogens is 1. The van der Waals surface area contributed by atoms with Gasteiger partial charge in [-0.15, -0.1) is 0 Å². The second kappa shape index (κ2) is 11.8. The van der Waals surface area contributed by atoms with Gasteiger partial charge in [-0.2, -0.15) is 5.26 Å². The van der Waals surface area contributed by atoms with Crippen LogP contribution in [0.4, 0.5) is 5.69 Å². The molecule has 11 nitrogen and oxygen atoms in total. The largest absolute Gasteiger partial charge is 0.466 e. The Morgan fingerprint density at radius 1 is 1.05 bits per heavy atom. The molecule has 3 aromatic rings. The van der Waals surface area contributed by atoms with Crippen molar-refractivity contribution >= 4 is 41.4 Å². The van der Waals surface area contributed by atoms with Gasteiger partial charge in [0.05, 0.1) is 61.6 Å². The van der Waals surface area contributed by atoms with E-state index in [4.69, 9.17) is 24.3 Å². The van der Waals surface area contributed by atoms with Crippen LogP contribution in [-0.4, -0.2) is 44.4 Å². The highest BCUT2D eigenvalue weighted by molar-refractivity contribution is 7.62. The highest BCUT2D eigenvalue weighted by atomic mass is 31.2. The maximum Gasteiger partial charge on any atom is 0.361 e. The minimum Gasteiger partial charge on any atom is -0.466 e. The first-order chi connectivity index (χ1) is 19.3. The first-order valence-electron chi connectivity index (χ1n) is 12.4. The van der Waals surface area contributed by atoms with Gasteiger partial charge < -0.3 is 29.2 Å². The number of aromatic amines is 1. The molecule has 12 heteroatoms. The lowest BCUT2D eigenvalue weighted by Gasteiger charge is -2.36. The third-order valence-electron chi connectivity index (χ3n) is 6.40. The van der Waals surface area contributed by atoms with Gasteiger partial charge >= 0.3 is 19.5 Å². The Bertz CT molecular complexity index is 1590. The summed E-state index contributed by atoms with van der Waals surface area (Å²) in [6.07, 6.45) is 1.65. The fraction of sp³-hybridized carbons (Fsp3) is 0.250. The number of carbonyl (C=O) groups excluding carboxylic acids is 2. The molecule has 4 rings (SSSR count). The van der Waals surface area contributed by atoms with Crippen LogP contribution in [0.3, 0.4) is 0 Å². The van der Waals surface area contributed by atoms with Crippen LogP contribution in [0.5, 0.6) is 0 Å². The van der Waals surface area contributed by atoms with E-state index in [9.17, 15) is 19.4 Å². The third-order valence-corrected chi connectivity index (χ3v) is 8.48. The van der Waals surface area contributed by atoms with E-state index in [2.05, 4.69) is 11.1 Å². The first-order valence-corrected chi connectivity index (χ1v) is 14.0. The molecule has 208 valence electrons. The zero-order chi connectivity index (χ0) is 29.0. The van der Waals surface area contributed by atoms with Crippen molar-refractivity contribution in [2.75, 3.05) is 32.3 Å². The molecule has 0 spiro atoms. The molecule has 40 heavy (non-hydrogen) atoms. The van der Waals surface area contributed by atoms with Crippen LogP contribution >= 0.6 is 7.60 Å². The summed E-state index contributed by atoms with van der Waals surface area (Å²) < 4.78 is 35.1. The van der Waals surface area contributed by atoms with Gasteiger partial charge in [0.15, 0.2) is 0 Å². The summed E-state index contributed by atoms with van der Waals surface area (Å²) in [5, 5.41) is 11.0.